The highest BCUT2D eigenvalue weighted by Gasteiger charge is 2.69. The second-order valence-electron chi connectivity index (χ2n) is 14.3. The fourth-order valence-corrected chi connectivity index (χ4v) is 9.82. The van der Waals surface area contributed by atoms with E-state index in [0.29, 0.717) is 24.2 Å². The first kappa shape index (κ1) is 26.9. The molecule has 2 fully saturated rings. The average Bonchev–Trinajstić information content (AvgIpc) is 2.98. The standard InChI is InChI=1S/C31H50O4/c1-19(2)9-8-10-20(3)23-17-26(33)31(18-27(34)35)22-11-12-24-28(4,5)25(32)14-15-29(24,6)21(22)13-16-30(23,31)7/h19-20,23-25,32H,8-18H2,1-7H3,(H,34,35)/t20-,23-,24?,25+,29-,30-,31-/m1/s1. The van der Waals surface area contributed by atoms with E-state index in [2.05, 4.69) is 48.5 Å². The van der Waals surface area contributed by atoms with Gasteiger partial charge < -0.3 is 10.2 Å². The molecule has 4 rings (SSSR count). The summed E-state index contributed by atoms with van der Waals surface area (Å²) in [7, 11) is 0. The number of Topliss-reactive ketones (excluding diaryl/α,β-unsaturated/α-hetero) is 1. The van der Waals surface area contributed by atoms with E-state index in [1.54, 1.807) is 0 Å². The molecule has 2 N–H and O–H groups in total. The Morgan fingerprint density at radius 2 is 1.69 bits per heavy atom. The van der Waals surface area contributed by atoms with E-state index in [1.165, 1.54) is 24.0 Å². The maximum atomic E-state index is 14.1. The van der Waals surface area contributed by atoms with Crippen molar-refractivity contribution in [2.75, 3.05) is 0 Å². The van der Waals surface area contributed by atoms with E-state index in [0.717, 1.165) is 44.9 Å². The zero-order chi connectivity index (χ0) is 26.0. The molecule has 7 atom stereocenters. The van der Waals surface area contributed by atoms with Crippen molar-refractivity contribution in [2.45, 2.75) is 125 Å². The van der Waals surface area contributed by atoms with Gasteiger partial charge in [0.25, 0.3) is 0 Å². The lowest BCUT2D eigenvalue weighted by molar-refractivity contribution is -0.147. The first-order chi connectivity index (χ1) is 16.2. The predicted octanol–water partition coefficient (Wildman–Crippen LogP) is 7.19. The summed E-state index contributed by atoms with van der Waals surface area (Å²) in [5, 5.41) is 21.0. The van der Waals surface area contributed by atoms with Crippen LogP contribution in [0.5, 0.6) is 0 Å². The van der Waals surface area contributed by atoms with Crippen molar-refractivity contribution < 1.29 is 19.8 Å². The Labute approximate surface area is 213 Å². The lowest BCUT2D eigenvalue weighted by Gasteiger charge is -2.62. The van der Waals surface area contributed by atoms with Crippen LogP contribution in [0.25, 0.3) is 0 Å². The molecule has 0 aromatic rings. The van der Waals surface area contributed by atoms with Crippen LogP contribution in [0, 0.1) is 45.3 Å². The molecule has 0 heterocycles. The Kier molecular flexibility index (Phi) is 6.91. The molecule has 0 spiro atoms. The van der Waals surface area contributed by atoms with Gasteiger partial charge in [-0.15, -0.1) is 0 Å². The molecule has 0 bridgehead atoms. The zero-order valence-electron chi connectivity index (χ0n) is 23.4. The zero-order valence-corrected chi connectivity index (χ0v) is 23.4. The number of hydrogen-bond acceptors (Lipinski definition) is 3. The van der Waals surface area contributed by atoms with Crippen molar-refractivity contribution in [3.63, 3.8) is 0 Å². The molecule has 0 aromatic heterocycles. The Morgan fingerprint density at radius 1 is 1.00 bits per heavy atom. The molecular formula is C31H50O4. The first-order valence-corrected chi connectivity index (χ1v) is 14.4. The van der Waals surface area contributed by atoms with Crippen molar-refractivity contribution in [3.05, 3.63) is 11.1 Å². The number of aliphatic carboxylic acids is 1. The highest BCUT2D eigenvalue weighted by atomic mass is 16.4. The molecule has 0 aromatic carbocycles. The number of hydrogen-bond donors (Lipinski definition) is 2. The van der Waals surface area contributed by atoms with Crippen LogP contribution < -0.4 is 0 Å². The lowest BCUT2D eigenvalue weighted by Crippen LogP contribution is -2.56. The Balaban J connectivity index is 1.78. The third-order valence-corrected chi connectivity index (χ3v) is 11.8. The molecule has 4 aliphatic rings. The van der Waals surface area contributed by atoms with Gasteiger partial charge in [0, 0.05) is 6.42 Å². The highest BCUT2D eigenvalue weighted by Crippen LogP contribution is 2.72. The molecule has 0 amide bonds. The molecule has 4 aliphatic carbocycles. The van der Waals surface area contributed by atoms with E-state index in [4.69, 9.17) is 0 Å². The molecule has 2 saturated carbocycles. The quantitative estimate of drug-likeness (QED) is 0.373. The molecular weight excluding hydrogens is 436 g/mol. The number of rotatable bonds is 7. The third-order valence-electron chi connectivity index (χ3n) is 11.8. The third kappa shape index (κ3) is 3.87. The number of carbonyl (C=O) groups is 2. The molecule has 4 nitrogen and oxygen atoms in total. The molecule has 0 aliphatic heterocycles. The molecule has 1 unspecified atom stereocenters. The van der Waals surface area contributed by atoms with Gasteiger partial charge >= 0.3 is 5.97 Å². The second-order valence-corrected chi connectivity index (χ2v) is 14.3. The van der Waals surface area contributed by atoms with E-state index in [-0.39, 0.29) is 40.5 Å². The maximum absolute atomic E-state index is 14.1. The van der Waals surface area contributed by atoms with Crippen LogP contribution in [0.4, 0.5) is 0 Å². The highest BCUT2D eigenvalue weighted by molar-refractivity contribution is 5.95. The Bertz CT molecular complexity index is 900. The van der Waals surface area contributed by atoms with Gasteiger partial charge in [-0.05, 0) is 78.4 Å². The van der Waals surface area contributed by atoms with Crippen molar-refractivity contribution in [1.82, 2.24) is 0 Å². The maximum Gasteiger partial charge on any atom is 0.304 e. The number of carbonyl (C=O) groups excluding carboxylic acids is 1. The van der Waals surface area contributed by atoms with Crippen molar-refractivity contribution in [3.8, 4) is 0 Å². The first-order valence-electron chi connectivity index (χ1n) is 14.4. The summed E-state index contributed by atoms with van der Waals surface area (Å²) < 4.78 is 0. The lowest BCUT2D eigenvalue weighted by atomic mass is 9.42. The van der Waals surface area contributed by atoms with Gasteiger partial charge in [-0.3, -0.25) is 9.59 Å². The molecule has 4 heteroatoms. The van der Waals surface area contributed by atoms with E-state index >= 15 is 0 Å². The smallest absolute Gasteiger partial charge is 0.304 e. The van der Waals surface area contributed by atoms with Crippen LogP contribution >= 0.6 is 0 Å². The number of aliphatic hydroxyl groups is 1. The predicted molar refractivity (Wildman–Crippen MR) is 140 cm³/mol. The minimum Gasteiger partial charge on any atom is -0.481 e. The summed E-state index contributed by atoms with van der Waals surface area (Å²) in [6.07, 6.45) is 9.05. The van der Waals surface area contributed by atoms with Crippen LogP contribution in [-0.2, 0) is 9.59 Å². The van der Waals surface area contributed by atoms with Crippen molar-refractivity contribution in [1.29, 1.82) is 0 Å². The number of ketones is 1. The molecule has 0 radical (unpaired) electrons. The SMILES string of the molecule is CC(C)CCC[C@@H](C)[C@H]1CC(=O)[C@@]2(CC(=O)O)C3=C(CC[C@]12C)[C@@]1(C)CC[C@H](O)C(C)(C)C1CC3. The van der Waals surface area contributed by atoms with Crippen molar-refractivity contribution in [2.24, 2.45) is 45.3 Å². The van der Waals surface area contributed by atoms with Gasteiger partial charge in [-0.1, -0.05) is 78.9 Å². The van der Waals surface area contributed by atoms with Crippen LogP contribution in [0.1, 0.15) is 119 Å². The fraction of sp³-hybridized carbons (Fsp3) is 0.871. The number of aliphatic hydroxyl groups excluding tert-OH is 1. The largest absolute Gasteiger partial charge is 0.481 e. The molecule has 0 saturated heterocycles. The monoisotopic (exact) mass is 486 g/mol. The van der Waals surface area contributed by atoms with E-state index < -0.39 is 11.4 Å². The number of carboxylic acids is 1. The fourth-order valence-electron chi connectivity index (χ4n) is 9.82. The van der Waals surface area contributed by atoms with Gasteiger partial charge in [0.1, 0.15) is 5.78 Å². The molecule has 198 valence electrons. The summed E-state index contributed by atoms with van der Waals surface area (Å²) in [6.45, 7) is 15.9. The topological polar surface area (TPSA) is 74.6 Å². The van der Waals surface area contributed by atoms with Gasteiger partial charge in [0.15, 0.2) is 0 Å². The number of carboxylic acid groups (broad SMARTS) is 1. The summed E-state index contributed by atoms with van der Waals surface area (Å²) >= 11 is 0. The number of allylic oxidation sites excluding steroid dienone is 2. The summed E-state index contributed by atoms with van der Waals surface area (Å²) in [5.41, 5.74) is 1.25. The van der Waals surface area contributed by atoms with Crippen molar-refractivity contribution >= 4 is 11.8 Å². The Morgan fingerprint density at radius 3 is 2.31 bits per heavy atom. The number of fused-ring (bicyclic) bond motifs is 4. The van der Waals surface area contributed by atoms with Gasteiger partial charge in [0.2, 0.25) is 0 Å². The minimum atomic E-state index is -0.850. The van der Waals surface area contributed by atoms with E-state index in [1.807, 2.05) is 0 Å². The normalized spacial score (nSPS) is 41.4. The average molecular weight is 487 g/mol. The van der Waals surface area contributed by atoms with Gasteiger partial charge in [-0.25, -0.2) is 0 Å². The Hall–Kier alpha value is -1.16. The summed E-state index contributed by atoms with van der Waals surface area (Å²) in [6, 6.07) is 0. The van der Waals surface area contributed by atoms with Crippen LogP contribution in [0.15, 0.2) is 11.1 Å². The minimum absolute atomic E-state index is 0.0512. The second kappa shape index (κ2) is 8.99. The van der Waals surface area contributed by atoms with E-state index in [9.17, 15) is 19.8 Å². The van der Waals surface area contributed by atoms with Gasteiger partial charge in [-0.2, -0.15) is 0 Å². The summed E-state index contributed by atoms with van der Waals surface area (Å²) in [4.78, 5) is 26.5. The van der Waals surface area contributed by atoms with Gasteiger partial charge in [0.05, 0.1) is 17.9 Å². The summed E-state index contributed by atoms with van der Waals surface area (Å²) in [5.74, 6) is 1.10. The molecule has 35 heavy (non-hydrogen) atoms. The van der Waals surface area contributed by atoms with Crippen LogP contribution in [0.3, 0.4) is 0 Å². The van der Waals surface area contributed by atoms with Crippen LogP contribution in [-0.4, -0.2) is 28.1 Å². The van der Waals surface area contributed by atoms with Crippen LogP contribution in [0.2, 0.25) is 0 Å².